The number of hydrogen-bond acceptors (Lipinski definition) is 4. The van der Waals surface area contributed by atoms with Crippen LogP contribution in [-0.4, -0.2) is 36.2 Å². The quantitative estimate of drug-likeness (QED) is 0.418. The van der Waals surface area contributed by atoms with Gasteiger partial charge in [0.15, 0.2) is 12.2 Å². The van der Waals surface area contributed by atoms with Crippen molar-refractivity contribution < 1.29 is 19.4 Å². The number of nitrogens with two attached hydrogens (primary N) is 2. The lowest BCUT2D eigenvalue weighted by Gasteiger charge is -2.14. The van der Waals surface area contributed by atoms with E-state index in [-0.39, 0.29) is 0 Å². The highest BCUT2D eigenvalue weighted by atomic mass is 16.5. The first-order valence-corrected chi connectivity index (χ1v) is 2.80. The third kappa shape index (κ3) is 2.52. The van der Waals surface area contributed by atoms with Crippen LogP contribution in [0.2, 0.25) is 0 Å². The van der Waals surface area contributed by atoms with Gasteiger partial charge in [-0.15, -0.1) is 0 Å². The van der Waals surface area contributed by atoms with E-state index in [4.69, 9.17) is 10.8 Å². The van der Waals surface area contributed by atoms with E-state index in [1.807, 2.05) is 0 Å². The molecule has 0 saturated carbocycles. The van der Waals surface area contributed by atoms with E-state index in [2.05, 4.69) is 10.5 Å². The summed E-state index contributed by atoms with van der Waals surface area (Å²) >= 11 is 0. The van der Waals surface area contributed by atoms with Gasteiger partial charge in [0.1, 0.15) is 0 Å². The average molecular weight is 162 g/mol. The van der Waals surface area contributed by atoms with Crippen LogP contribution in [0.1, 0.15) is 0 Å². The highest BCUT2D eigenvalue weighted by Gasteiger charge is 2.28. The lowest BCUT2D eigenvalue weighted by atomic mass is 10.2. The highest BCUT2D eigenvalue weighted by molar-refractivity contribution is 5.89. The van der Waals surface area contributed by atoms with E-state index in [1.165, 1.54) is 0 Å². The average Bonchev–Trinajstić information content (AvgIpc) is 1.88. The number of carbonyl (C=O) groups is 2. The molecule has 0 rings (SSSR count). The maximum atomic E-state index is 10.4. The van der Waals surface area contributed by atoms with Crippen LogP contribution >= 0.6 is 0 Å². The molecule has 0 heterocycles. The first-order valence-electron chi connectivity index (χ1n) is 2.80. The van der Waals surface area contributed by atoms with Crippen molar-refractivity contribution in [1.29, 1.82) is 0 Å². The number of amides is 2. The van der Waals surface area contributed by atoms with Gasteiger partial charge in [0, 0.05) is 7.11 Å². The van der Waals surface area contributed by atoms with Gasteiger partial charge in [-0.25, -0.2) is 0 Å². The zero-order valence-corrected chi connectivity index (χ0v) is 5.98. The van der Waals surface area contributed by atoms with Crippen LogP contribution in [-0.2, 0) is 14.3 Å². The van der Waals surface area contributed by atoms with E-state index >= 15 is 0 Å². The predicted octanol–water partition coefficient (Wildman–Crippen LogP) is -2.67. The van der Waals surface area contributed by atoms with Crippen molar-refractivity contribution in [2.24, 2.45) is 11.5 Å². The maximum Gasteiger partial charge on any atom is 0.249 e. The van der Waals surface area contributed by atoms with Gasteiger partial charge in [-0.2, -0.15) is 0 Å². The SMILES string of the molecule is COC(C(N)=O)C(O)C(N)=O. The van der Waals surface area contributed by atoms with Crippen molar-refractivity contribution in [3.8, 4) is 0 Å². The second-order valence-corrected chi connectivity index (χ2v) is 1.91. The highest BCUT2D eigenvalue weighted by Crippen LogP contribution is 1.95. The molecule has 2 unspecified atom stereocenters. The molecule has 0 aliphatic carbocycles. The molecule has 5 N–H and O–H groups in total. The molecule has 0 bridgehead atoms. The van der Waals surface area contributed by atoms with Gasteiger partial charge in [0.2, 0.25) is 11.8 Å². The summed E-state index contributed by atoms with van der Waals surface area (Å²) in [4.78, 5) is 20.7. The Hall–Kier alpha value is -1.14. The molecule has 0 aliphatic rings. The summed E-state index contributed by atoms with van der Waals surface area (Å²) in [6.07, 6.45) is -3.05. The van der Waals surface area contributed by atoms with Crippen molar-refractivity contribution in [3.05, 3.63) is 0 Å². The minimum Gasteiger partial charge on any atom is -0.380 e. The Kier molecular flexibility index (Phi) is 3.49. The topological polar surface area (TPSA) is 116 Å². The molecule has 2 atom stereocenters. The monoisotopic (exact) mass is 162 g/mol. The van der Waals surface area contributed by atoms with Crippen molar-refractivity contribution in [2.75, 3.05) is 7.11 Å². The summed E-state index contributed by atoms with van der Waals surface area (Å²) in [7, 11) is 1.14. The fourth-order valence-corrected chi connectivity index (χ4v) is 0.550. The first-order chi connectivity index (χ1) is 5.00. The molecule has 6 heteroatoms. The Morgan fingerprint density at radius 3 is 1.91 bits per heavy atom. The van der Waals surface area contributed by atoms with Crippen molar-refractivity contribution in [1.82, 2.24) is 0 Å². The van der Waals surface area contributed by atoms with Gasteiger partial charge in [-0.3, -0.25) is 9.59 Å². The Labute approximate surface area is 63.1 Å². The summed E-state index contributed by atoms with van der Waals surface area (Å²) in [6, 6.07) is 0. The Balaban J connectivity index is 4.25. The number of aliphatic hydroxyl groups excluding tert-OH is 1. The normalized spacial score (nSPS) is 15.5. The molecule has 0 radical (unpaired) electrons. The van der Waals surface area contributed by atoms with Crippen LogP contribution in [0.15, 0.2) is 0 Å². The van der Waals surface area contributed by atoms with Gasteiger partial charge in [0.25, 0.3) is 0 Å². The van der Waals surface area contributed by atoms with E-state index < -0.39 is 24.0 Å². The fourth-order valence-electron chi connectivity index (χ4n) is 0.550. The molecule has 0 aliphatic heterocycles. The molecule has 0 aromatic heterocycles. The molecule has 6 nitrogen and oxygen atoms in total. The number of carbonyl (C=O) groups excluding carboxylic acids is 2. The van der Waals surface area contributed by atoms with E-state index in [0.717, 1.165) is 7.11 Å². The third-order valence-corrected chi connectivity index (χ3v) is 1.11. The molecule has 11 heavy (non-hydrogen) atoms. The second kappa shape index (κ2) is 3.89. The largest absolute Gasteiger partial charge is 0.380 e. The summed E-state index contributed by atoms with van der Waals surface area (Å²) in [6.45, 7) is 0. The van der Waals surface area contributed by atoms with Crippen LogP contribution in [0.3, 0.4) is 0 Å². The number of aliphatic hydroxyl groups is 1. The predicted molar refractivity (Wildman–Crippen MR) is 35.2 cm³/mol. The molecule has 0 saturated heterocycles. The van der Waals surface area contributed by atoms with Crippen LogP contribution in [0.25, 0.3) is 0 Å². The van der Waals surface area contributed by atoms with Crippen LogP contribution in [0.5, 0.6) is 0 Å². The lowest BCUT2D eigenvalue weighted by molar-refractivity contribution is -0.144. The maximum absolute atomic E-state index is 10.4. The number of rotatable bonds is 4. The molecular weight excluding hydrogens is 152 g/mol. The summed E-state index contributed by atoms with van der Waals surface area (Å²) in [5.41, 5.74) is 9.43. The van der Waals surface area contributed by atoms with Crippen LogP contribution in [0.4, 0.5) is 0 Å². The lowest BCUT2D eigenvalue weighted by Crippen LogP contribution is -2.47. The molecule has 0 aromatic rings. The number of hydrogen-bond donors (Lipinski definition) is 3. The summed E-state index contributed by atoms with van der Waals surface area (Å²) < 4.78 is 4.41. The molecule has 0 fully saturated rings. The van der Waals surface area contributed by atoms with E-state index in [9.17, 15) is 9.59 Å². The number of methoxy groups -OCH3 is 1. The Bertz CT molecular complexity index is 170. The third-order valence-electron chi connectivity index (χ3n) is 1.11. The van der Waals surface area contributed by atoms with Crippen LogP contribution in [0, 0.1) is 0 Å². The zero-order chi connectivity index (χ0) is 9.02. The van der Waals surface area contributed by atoms with Gasteiger partial charge in [0.05, 0.1) is 0 Å². The minimum atomic E-state index is -1.68. The summed E-state index contributed by atoms with van der Waals surface area (Å²) in [5, 5.41) is 8.86. The fraction of sp³-hybridized carbons (Fsp3) is 0.600. The van der Waals surface area contributed by atoms with Gasteiger partial charge >= 0.3 is 0 Å². The zero-order valence-electron chi connectivity index (χ0n) is 5.98. The molecule has 0 spiro atoms. The van der Waals surface area contributed by atoms with Crippen molar-refractivity contribution in [3.63, 3.8) is 0 Å². The molecule has 64 valence electrons. The van der Waals surface area contributed by atoms with Crippen molar-refractivity contribution >= 4 is 11.8 Å². The minimum absolute atomic E-state index is 0.932. The van der Waals surface area contributed by atoms with Gasteiger partial charge < -0.3 is 21.3 Å². The number of ether oxygens (including phenoxy) is 1. The van der Waals surface area contributed by atoms with E-state index in [1.54, 1.807) is 0 Å². The van der Waals surface area contributed by atoms with Crippen LogP contribution < -0.4 is 11.5 Å². The molecule has 0 aromatic carbocycles. The van der Waals surface area contributed by atoms with Crippen molar-refractivity contribution in [2.45, 2.75) is 12.2 Å². The van der Waals surface area contributed by atoms with Gasteiger partial charge in [-0.1, -0.05) is 0 Å². The second-order valence-electron chi connectivity index (χ2n) is 1.91. The van der Waals surface area contributed by atoms with Gasteiger partial charge in [-0.05, 0) is 0 Å². The number of primary amides is 2. The molecular formula is C5H10N2O4. The smallest absolute Gasteiger partial charge is 0.249 e. The first kappa shape index (κ1) is 9.86. The summed E-state index contributed by atoms with van der Waals surface area (Å²) in [5.74, 6) is -1.98. The molecule has 2 amide bonds. The Morgan fingerprint density at radius 1 is 1.36 bits per heavy atom. The van der Waals surface area contributed by atoms with E-state index in [0.29, 0.717) is 0 Å². The Morgan fingerprint density at radius 2 is 1.82 bits per heavy atom. The standard InChI is InChI=1S/C5H10N2O4/c1-11-3(5(7)10)2(8)4(6)9/h2-3,8H,1H3,(H2,6,9)(H2,7,10).